The predicted octanol–water partition coefficient (Wildman–Crippen LogP) is 3.08. The molecule has 3 heteroatoms. The number of nitrogens with two attached hydrogens (primary N) is 1. The minimum atomic E-state index is -0.519. The fraction of sp³-hybridized carbons (Fsp3) is 0.600. The van der Waals surface area contributed by atoms with Gasteiger partial charge in [-0.2, -0.15) is 0 Å². The average molecular weight is 251 g/mol. The molecule has 1 aliphatic rings. The molecule has 1 aromatic carbocycles. The van der Waals surface area contributed by atoms with Crippen molar-refractivity contribution < 1.29 is 9.50 Å². The highest BCUT2D eigenvalue weighted by Gasteiger charge is 2.28. The summed E-state index contributed by atoms with van der Waals surface area (Å²) in [6, 6.07) is 4.17. The molecule has 0 spiro atoms. The van der Waals surface area contributed by atoms with E-state index >= 15 is 0 Å². The molecular formula is C15H22FNO. The first-order valence-corrected chi connectivity index (χ1v) is 6.79. The van der Waals surface area contributed by atoms with Gasteiger partial charge in [-0.05, 0) is 48.9 Å². The molecule has 100 valence electrons. The molecule has 2 nitrogen and oxygen atoms in total. The van der Waals surface area contributed by atoms with Crippen LogP contribution in [0.2, 0.25) is 0 Å². The lowest BCUT2D eigenvalue weighted by Gasteiger charge is -2.31. The fourth-order valence-corrected chi connectivity index (χ4v) is 2.97. The maximum atomic E-state index is 13.1. The smallest absolute Gasteiger partial charge is 0.123 e. The Hall–Kier alpha value is -0.930. The van der Waals surface area contributed by atoms with Crippen molar-refractivity contribution in [3.8, 4) is 0 Å². The molecule has 2 atom stereocenters. The van der Waals surface area contributed by atoms with E-state index in [1.165, 1.54) is 31.4 Å². The van der Waals surface area contributed by atoms with Gasteiger partial charge in [-0.15, -0.1) is 0 Å². The van der Waals surface area contributed by atoms with Crippen molar-refractivity contribution in [1.29, 1.82) is 0 Å². The first kappa shape index (κ1) is 13.5. The zero-order valence-electron chi connectivity index (χ0n) is 10.9. The highest BCUT2D eigenvalue weighted by Crippen LogP contribution is 2.32. The summed E-state index contributed by atoms with van der Waals surface area (Å²) in [5, 5.41) is 10.4. The van der Waals surface area contributed by atoms with Crippen LogP contribution in [0.5, 0.6) is 0 Å². The number of halogens is 1. The third-order valence-corrected chi connectivity index (χ3v) is 4.09. The lowest BCUT2D eigenvalue weighted by atomic mass is 9.81. The van der Waals surface area contributed by atoms with Crippen molar-refractivity contribution in [1.82, 2.24) is 0 Å². The molecule has 1 saturated carbocycles. The summed E-state index contributed by atoms with van der Waals surface area (Å²) in [5.41, 5.74) is 7.82. The van der Waals surface area contributed by atoms with Crippen LogP contribution in [0.25, 0.3) is 0 Å². The van der Waals surface area contributed by atoms with Crippen molar-refractivity contribution in [2.45, 2.75) is 51.2 Å². The van der Waals surface area contributed by atoms with Crippen LogP contribution in [0.15, 0.2) is 18.2 Å². The Morgan fingerprint density at radius 3 is 2.56 bits per heavy atom. The minimum absolute atomic E-state index is 0.254. The van der Waals surface area contributed by atoms with E-state index in [0.717, 1.165) is 24.0 Å². The molecule has 1 aromatic rings. The third kappa shape index (κ3) is 2.90. The highest BCUT2D eigenvalue weighted by molar-refractivity contribution is 5.30. The van der Waals surface area contributed by atoms with Crippen LogP contribution in [-0.2, 0) is 0 Å². The van der Waals surface area contributed by atoms with Crippen molar-refractivity contribution in [2.24, 2.45) is 11.7 Å². The molecule has 0 aromatic heterocycles. The lowest BCUT2D eigenvalue weighted by molar-refractivity contribution is 0.0616. The van der Waals surface area contributed by atoms with Crippen molar-refractivity contribution in [2.75, 3.05) is 0 Å². The quantitative estimate of drug-likeness (QED) is 0.867. The van der Waals surface area contributed by atoms with Crippen LogP contribution in [-0.4, -0.2) is 11.2 Å². The number of aliphatic hydroxyl groups is 1. The van der Waals surface area contributed by atoms with Gasteiger partial charge in [0.2, 0.25) is 0 Å². The number of hydrogen-bond donors (Lipinski definition) is 2. The van der Waals surface area contributed by atoms with Gasteiger partial charge in [-0.3, -0.25) is 0 Å². The Balaban J connectivity index is 2.11. The Morgan fingerprint density at radius 1 is 1.28 bits per heavy atom. The van der Waals surface area contributed by atoms with Crippen LogP contribution < -0.4 is 5.73 Å². The topological polar surface area (TPSA) is 46.2 Å². The SMILES string of the molecule is Cc1cc(F)ccc1[C@@H](N)[C@@H](O)C1CCCCC1. The van der Waals surface area contributed by atoms with Gasteiger partial charge in [-0.25, -0.2) is 4.39 Å². The Bertz CT molecular complexity index is 401. The van der Waals surface area contributed by atoms with Crippen LogP contribution >= 0.6 is 0 Å². The van der Waals surface area contributed by atoms with E-state index in [1.807, 2.05) is 6.92 Å². The molecule has 0 aliphatic heterocycles. The standard InChI is InChI=1S/C15H22FNO/c1-10-9-12(16)7-8-13(10)14(17)15(18)11-5-3-2-4-6-11/h7-9,11,14-15,18H,2-6,17H2,1H3/t14-,15+/m1/s1. The maximum absolute atomic E-state index is 13.1. The second-order valence-electron chi connectivity index (χ2n) is 5.42. The number of aryl methyl sites for hydroxylation is 1. The second kappa shape index (κ2) is 5.81. The van der Waals surface area contributed by atoms with Gasteiger partial charge in [0.15, 0.2) is 0 Å². The van der Waals surface area contributed by atoms with E-state index in [9.17, 15) is 9.50 Å². The van der Waals surface area contributed by atoms with E-state index in [-0.39, 0.29) is 5.82 Å². The van der Waals surface area contributed by atoms with E-state index in [0.29, 0.717) is 5.92 Å². The van der Waals surface area contributed by atoms with Crippen LogP contribution in [0.3, 0.4) is 0 Å². The Morgan fingerprint density at radius 2 is 1.94 bits per heavy atom. The first-order valence-electron chi connectivity index (χ1n) is 6.79. The highest BCUT2D eigenvalue weighted by atomic mass is 19.1. The summed E-state index contributed by atoms with van der Waals surface area (Å²) in [6.45, 7) is 1.84. The minimum Gasteiger partial charge on any atom is -0.391 e. The molecular weight excluding hydrogens is 229 g/mol. The van der Waals surface area contributed by atoms with Gasteiger partial charge in [-0.1, -0.05) is 25.3 Å². The van der Waals surface area contributed by atoms with Crippen LogP contribution in [0.4, 0.5) is 4.39 Å². The molecule has 0 unspecified atom stereocenters. The Kier molecular flexibility index (Phi) is 4.36. The lowest BCUT2D eigenvalue weighted by Crippen LogP contribution is -2.34. The molecule has 0 bridgehead atoms. The van der Waals surface area contributed by atoms with E-state index in [1.54, 1.807) is 6.07 Å². The van der Waals surface area contributed by atoms with Gasteiger partial charge in [0.05, 0.1) is 12.1 Å². The summed E-state index contributed by atoms with van der Waals surface area (Å²) >= 11 is 0. The zero-order chi connectivity index (χ0) is 13.1. The van der Waals surface area contributed by atoms with E-state index in [2.05, 4.69) is 0 Å². The van der Waals surface area contributed by atoms with Gasteiger partial charge >= 0.3 is 0 Å². The average Bonchev–Trinajstić information content (AvgIpc) is 2.38. The number of hydrogen-bond acceptors (Lipinski definition) is 2. The molecule has 0 amide bonds. The Labute approximate surface area is 108 Å². The molecule has 0 heterocycles. The fourth-order valence-electron chi connectivity index (χ4n) is 2.97. The number of rotatable bonds is 3. The molecule has 1 fully saturated rings. The van der Waals surface area contributed by atoms with Gasteiger partial charge in [0, 0.05) is 0 Å². The summed E-state index contributed by atoms with van der Waals surface area (Å²) in [4.78, 5) is 0. The van der Waals surface area contributed by atoms with E-state index < -0.39 is 12.1 Å². The predicted molar refractivity (Wildman–Crippen MR) is 70.6 cm³/mol. The third-order valence-electron chi connectivity index (χ3n) is 4.09. The first-order chi connectivity index (χ1) is 8.59. The van der Waals surface area contributed by atoms with Crippen molar-refractivity contribution >= 4 is 0 Å². The van der Waals surface area contributed by atoms with Gasteiger partial charge in [0.1, 0.15) is 5.82 Å². The summed E-state index contributed by atoms with van der Waals surface area (Å²) in [7, 11) is 0. The van der Waals surface area contributed by atoms with Crippen LogP contribution in [0, 0.1) is 18.7 Å². The van der Waals surface area contributed by atoms with Gasteiger partial charge < -0.3 is 10.8 Å². The maximum Gasteiger partial charge on any atom is 0.123 e. The molecule has 0 radical (unpaired) electrons. The van der Waals surface area contributed by atoms with Crippen molar-refractivity contribution in [3.63, 3.8) is 0 Å². The van der Waals surface area contributed by atoms with Crippen molar-refractivity contribution in [3.05, 3.63) is 35.1 Å². The monoisotopic (exact) mass is 251 g/mol. The number of aliphatic hydroxyl groups excluding tert-OH is 1. The normalized spacial score (nSPS) is 20.7. The molecule has 2 rings (SSSR count). The largest absolute Gasteiger partial charge is 0.391 e. The number of benzene rings is 1. The van der Waals surface area contributed by atoms with Gasteiger partial charge in [0.25, 0.3) is 0 Å². The molecule has 18 heavy (non-hydrogen) atoms. The van der Waals surface area contributed by atoms with Crippen LogP contribution in [0.1, 0.15) is 49.3 Å². The zero-order valence-corrected chi connectivity index (χ0v) is 10.9. The molecule has 0 saturated heterocycles. The molecule has 1 aliphatic carbocycles. The summed E-state index contributed by atoms with van der Waals surface area (Å²) in [6.07, 6.45) is 5.20. The summed E-state index contributed by atoms with van der Waals surface area (Å²) in [5.74, 6) is 0.0359. The molecule has 3 N–H and O–H groups in total. The van der Waals surface area contributed by atoms with E-state index in [4.69, 9.17) is 5.73 Å². The second-order valence-corrected chi connectivity index (χ2v) is 5.42. The summed E-state index contributed by atoms with van der Waals surface area (Å²) < 4.78 is 13.1.